The lowest BCUT2D eigenvalue weighted by molar-refractivity contribution is -0.142. The lowest BCUT2D eigenvalue weighted by atomic mass is 10.0. The highest BCUT2D eigenvalue weighted by atomic mass is 35.5. The van der Waals surface area contributed by atoms with E-state index in [1.807, 2.05) is 0 Å². The van der Waals surface area contributed by atoms with Crippen molar-refractivity contribution in [2.24, 2.45) is 13.0 Å². The van der Waals surface area contributed by atoms with Crippen molar-refractivity contribution in [3.8, 4) is 5.69 Å². The summed E-state index contributed by atoms with van der Waals surface area (Å²) in [4.78, 5) is 33.1. The number of halogens is 8. The van der Waals surface area contributed by atoms with Crippen molar-refractivity contribution in [1.29, 1.82) is 0 Å². The molecule has 0 unspecified atom stereocenters. The van der Waals surface area contributed by atoms with E-state index in [1.165, 1.54) is 23.9 Å². The highest BCUT2D eigenvalue weighted by Crippen LogP contribution is 2.68. The van der Waals surface area contributed by atoms with E-state index in [0.717, 1.165) is 23.0 Å². The van der Waals surface area contributed by atoms with Crippen LogP contribution in [-0.2, 0) is 53.4 Å². The summed E-state index contributed by atoms with van der Waals surface area (Å²) in [6.45, 7) is -0.729. The van der Waals surface area contributed by atoms with E-state index in [2.05, 4.69) is 25.6 Å². The number of sulfonamides is 1. The van der Waals surface area contributed by atoms with Crippen LogP contribution < -0.4 is 20.9 Å². The first-order valence-corrected chi connectivity index (χ1v) is 19.3. The summed E-state index contributed by atoms with van der Waals surface area (Å²) in [7, 11) is -2.45. The zero-order chi connectivity index (χ0) is 40.2. The fourth-order valence-electron chi connectivity index (χ4n) is 7.81. The molecular formula is C34H29ClF7N9O4S. The van der Waals surface area contributed by atoms with E-state index < -0.39 is 93.0 Å². The lowest BCUT2D eigenvalue weighted by Crippen LogP contribution is -2.39. The van der Waals surface area contributed by atoms with Gasteiger partial charge in [0.15, 0.2) is 11.5 Å². The van der Waals surface area contributed by atoms with Crippen LogP contribution in [0, 0.1) is 17.6 Å². The molecule has 0 spiro atoms. The fraction of sp³-hybridized carbons (Fsp3) is 0.382. The second-order valence-electron chi connectivity index (χ2n) is 14.0. The van der Waals surface area contributed by atoms with Crippen LogP contribution >= 0.6 is 11.6 Å². The quantitative estimate of drug-likeness (QED) is 0.169. The number of hydrogen-bond acceptors (Lipinski definition) is 8. The van der Waals surface area contributed by atoms with Crippen molar-refractivity contribution >= 4 is 50.1 Å². The molecule has 1 aliphatic heterocycles. The van der Waals surface area contributed by atoms with Crippen LogP contribution in [0.5, 0.6) is 0 Å². The van der Waals surface area contributed by atoms with Crippen molar-refractivity contribution in [3.63, 3.8) is 0 Å². The van der Waals surface area contributed by atoms with Gasteiger partial charge < -0.3 is 10.6 Å². The smallest absolute Gasteiger partial charge is 0.370 e. The third-order valence-electron chi connectivity index (χ3n) is 10.0. The van der Waals surface area contributed by atoms with Gasteiger partial charge in [-0.05, 0) is 55.0 Å². The van der Waals surface area contributed by atoms with Gasteiger partial charge in [0.25, 0.3) is 11.5 Å². The first-order valence-electron chi connectivity index (χ1n) is 17.1. The van der Waals surface area contributed by atoms with E-state index in [4.69, 9.17) is 16.6 Å². The molecule has 296 valence electrons. The van der Waals surface area contributed by atoms with Gasteiger partial charge in [0, 0.05) is 37.6 Å². The van der Waals surface area contributed by atoms with Crippen molar-refractivity contribution in [2.45, 2.75) is 56.3 Å². The summed E-state index contributed by atoms with van der Waals surface area (Å²) in [5, 5.41) is 13.4. The molecule has 1 saturated carbocycles. The second-order valence-corrected chi connectivity index (χ2v) is 16.2. The molecule has 4 heterocycles. The van der Waals surface area contributed by atoms with Gasteiger partial charge in [0.1, 0.15) is 35.5 Å². The number of nitrogens with one attached hydrogen (secondary N) is 3. The third kappa shape index (κ3) is 6.42. The highest BCUT2D eigenvalue weighted by molar-refractivity contribution is 7.92. The Hall–Kier alpha value is -5.18. The summed E-state index contributed by atoms with van der Waals surface area (Å²) in [5.74, 6) is -9.57. The molecule has 1 amide bonds. The molecule has 3 aliphatic rings. The van der Waals surface area contributed by atoms with Crippen molar-refractivity contribution < 1.29 is 43.9 Å². The Morgan fingerprint density at radius 3 is 2.54 bits per heavy atom. The summed E-state index contributed by atoms with van der Waals surface area (Å²) in [6, 6.07) is 3.76. The van der Waals surface area contributed by atoms with Crippen LogP contribution in [0.3, 0.4) is 0 Å². The minimum absolute atomic E-state index is 0.0321. The van der Waals surface area contributed by atoms with E-state index in [9.17, 15) is 40.0 Å². The number of hydrogen-bond donors (Lipinski definition) is 3. The van der Waals surface area contributed by atoms with Gasteiger partial charge in [0.05, 0.1) is 39.5 Å². The zero-order valence-corrected chi connectivity index (χ0v) is 30.7. The Labute approximate surface area is 316 Å². The molecule has 0 bridgehead atoms. The molecule has 56 heavy (non-hydrogen) atoms. The number of rotatable bonds is 9. The predicted molar refractivity (Wildman–Crippen MR) is 187 cm³/mol. The number of carbonyl (C=O) groups excluding carboxylic acids is 1. The Morgan fingerprint density at radius 1 is 1.14 bits per heavy atom. The first kappa shape index (κ1) is 37.7. The van der Waals surface area contributed by atoms with Crippen molar-refractivity contribution in [1.82, 2.24) is 34.4 Å². The predicted octanol–water partition coefficient (Wildman–Crippen LogP) is 5.30. The number of carbonyl (C=O) groups is 1. The number of alkyl halides is 5. The van der Waals surface area contributed by atoms with Gasteiger partial charge in [-0.3, -0.25) is 28.2 Å². The molecular weight excluding hydrogens is 799 g/mol. The van der Waals surface area contributed by atoms with E-state index in [0.29, 0.717) is 23.7 Å². The first-order chi connectivity index (χ1) is 26.2. The van der Waals surface area contributed by atoms with E-state index >= 15 is 8.78 Å². The van der Waals surface area contributed by atoms with Gasteiger partial charge >= 0.3 is 6.18 Å². The number of benzene rings is 2. The number of aromatic nitrogens is 6. The monoisotopic (exact) mass is 827 g/mol. The normalized spacial score (nSPS) is 18.9. The van der Waals surface area contributed by atoms with Crippen LogP contribution in [0.1, 0.15) is 58.7 Å². The number of nitrogens with zero attached hydrogens (tertiary/aromatic N) is 6. The number of aryl methyl sites for hydroxylation is 1. The van der Waals surface area contributed by atoms with Crippen LogP contribution in [0.2, 0.25) is 5.02 Å². The molecule has 1 fully saturated rings. The molecule has 3 atom stereocenters. The Bertz CT molecular complexity index is 2640. The van der Waals surface area contributed by atoms with Gasteiger partial charge in [-0.2, -0.15) is 32.1 Å². The van der Waals surface area contributed by atoms with Crippen LogP contribution in [0.15, 0.2) is 35.1 Å². The van der Waals surface area contributed by atoms with Gasteiger partial charge in [-0.15, -0.1) is 0 Å². The molecule has 2 aliphatic carbocycles. The molecule has 22 heteroatoms. The molecule has 8 rings (SSSR count). The van der Waals surface area contributed by atoms with Gasteiger partial charge in [-0.1, -0.05) is 11.6 Å². The average Bonchev–Trinajstić information content (AvgIpc) is 3.62. The lowest BCUT2D eigenvalue weighted by Gasteiger charge is -2.26. The summed E-state index contributed by atoms with van der Waals surface area (Å²) >= 11 is 6.54. The maximum Gasteiger partial charge on any atom is 0.435 e. The molecule has 0 saturated heterocycles. The van der Waals surface area contributed by atoms with Crippen LogP contribution in [0.4, 0.5) is 42.4 Å². The maximum absolute atomic E-state index is 15.4. The zero-order valence-electron chi connectivity index (χ0n) is 29.1. The van der Waals surface area contributed by atoms with Gasteiger partial charge in [0.2, 0.25) is 15.9 Å². The van der Waals surface area contributed by atoms with E-state index in [1.54, 1.807) is 0 Å². The molecule has 3 aromatic heterocycles. The topological polar surface area (TPSA) is 158 Å². The van der Waals surface area contributed by atoms with Crippen molar-refractivity contribution in [3.05, 3.63) is 91.2 Å². The standard InChI is InChI=1S/C34H29ClF7N9O4S/c1-49-26-22(6-5-20(35)25(26)30(47-49)48-56(2,54)55)51-31(45-29-17(32(51)53)4-3-7-43-29)21(10-14-8-15(36)11-16(37)9-14)44-23(52)13-50-28-24(27(46-50)34(40,41)42)18-12-19(18)33(28,38)39/h5-6,8-9,11,18-19,21,43H,3-4,7,10,12-13H2,1-2H3,(H,44,52)(H,47,48)/t18-,19+,21-/m0/s1. The number of anilines is 2. The minimum atomic E-state index is -5.09. The molecule has 3 N–H and O–H groups in total. The van der Waals surface area contributed by atoms with Gasteiger partial charge in [-0.25, -0.2) is 22.2 Å². The Morgan fingerprint density at radius 2 is 1.86 bits per heavy atom. The number of fused-ring (bicyclic) bond motifs is 5. The Kier molecular flexibility index (Phi) is 8.71. The Balaban J connectivity index is 1.30. The number of amides is 1. The minimum Gasteiger partial charge on any atom is -0.370 e. The molecule has 5 aromatic rings. The molecule has 0 radical (unpaired) electrons. The van der Waals surface area contributed by atoms with E-state index in [-0.39, 0.29) is 63.0 Å². The van der Waals surface area contributed by atoms with Crippen LogP contribution in [0.25, 0.3) is 16.6 Å². The summed E-state index contributed by atoms with van der Waals surface area (Å²) < 4.78 is 131. The summed E-state index contributed by atoms with van der Waals surface area (Å²) in [5.41, 5.74) is -3.53. The summed E-state index contributed by atoms with van der Waals surface area (Å²) in [6.07, 6.45) is -4.06. The molecule has 13 nitrogen and oxygen atoms in total. The maximum atomic E-state index is 15.4. The highest BCUT2D eigenvalue weighted by Gasteiger charge is 2.68. The fourth-order valence-corrected chi connectivity index (χ4v) is 8.54. The molecule has 2 aromatic carbocycles. The second kappa shape index (κ2) is 12.9. The third-order valence-corrected chi connectivity index (χ3v) is 10.9. The van der Waals surface area contributed by atoms with Crippen LogP contribution in [-0.4, -0.2) is 56.2 Å². The van der Waals surface area contributed by atoms with Crippen molar-refractivity contribution in [2.75, 3.05) is 22.8 Å². The SMILES string of the molecule is Cn1nc(NS(C)(=O)=O)c2c(Cl)ccc(-n3c([C@H](Cc4cc(F)cc(F)c4)NC(=O)Cn4nc(C(F)(F)F)c5c4C(F)(F)[C@@H]4C[C@H]54)nc4c(c3=O)CCCN4)c21. The largest absolute Gasteiger partial charge is 0.435 e. The average molecular weight is 828 g/mol.